The van der Waals surface area contributed by atoms with Gasteiger partial charge in [-0.15, -0.1) is 11.3 Å². The van der Waals surface area contributed by atoms with Crippen molar-refractivity contribution in [3.8, 4) is 16.2 Å². The van der Waals surface area contributed by atoms with Gasteiger partial charge in [0.2, 0.25) is 0 Å². The average molecular weight is 515 g/mol. The van der Waals surface area contributed by atoms with Gasteiger partial charge in [-0.05, 0) is 55.0 Å². The minimum Gasteiger partial charge on any atom is -0.506 e. The second kappa shape index (κ2) is 9.84. The monoisotopic (exact) mass is 513 g/mol. The van der Waals surface area contributed by atoms with Crippen LogP contribution in [0, 0.1) is 0 Å². The molecule has 1 aromatic heterocycles. The number of benzene rings is 2. The number of carboxylic acids is 1. The predicted molar refractivity (Wildman–Crippen MR) is 131 cm³/mol. The fourth-order valence-electron chi connectivity index (χ4n) is 2.57. The van der Waals surface area contributed by atoms with Crippen molar-refractivity contribution in [2.75, 3.05) is 5.32 Å². The van der Waals surface area contributed by atoms with Crippen LogP contribution in [0.5, 0.6) is 5.75 Å². The standard InChI is InChI=1S/C20H14Cl3N3O3S2/c1-9(13-8-31-18(17(13)27)10-2-5-14(21)16(23)6-10)25-26-20(30)24-11-3-4-12(19(28)29)15(22)7-11/h2-8,27H,1H3,(H,28,29)(H2,24,26,30)/b25-9-. The molecule has 4 N–H and O–H groups in total. The largest absolute Gasteiger partial charge is 0.506 e. The van der Waals surface area contributed by atoms with E-state index >= 15 is 0 Å². The number of anilines is 1. The summed E-state index contributed by atoms with van der Waals surface area (Å²) in [6, 6.07) is 9.48. The zero-order chi connectivity index (χ0) is 22.7. The highest BCUT2D eigenvalue weighted by Gasteiger charge is 2.16. The Balaban J connectivity index is 1.71. The number of hydrazone groups is 1. The Kier molecular flexibility index (Phi) is 7.40. The highest BCUT2D eigenvalue weighted by Crippen LogP contribution is 2.40. The molecule has 31 heavy (non-hydrogen) atoms. The second-order valence-electron chi connectivity index (χ2n) is 6.22. The molecule has 0 unspecified atom stereocenters. The molecule has 0 amide bonds. The van der Waals surface area contributed by atoms with Gasteiger partial charge >= 0.3 is 5.97 Å². The Morgan fingerprint density at radius 1 is 1.06 bits per heavy atom. The lowest BCUT2D eigenvalue weighted by Gasteiger charge is -2.09. The van der Waals surface area contributed by atoms with E-state index in [0.29, 0.717) is 31.9 Å². The minimum absolute atomic E-state index is 0.00864. The first-order valence-electron chi connectivity index (χ1n) is 8.57. The first-order chi connectivity index (χ1) is 14.7. The third-order valence-electron chi connectivity index (χ3n) is 4.12. The van der Waals surface area contributed by atoms with E-state index in [2.05, 4.69) is 15.8 Å². The van der Waals surface area contributed by atoms with Gasteiger partial charge in [-0.3, -0.25) is 5.43 Å². The van der Waals surface area contributed by atoms with Gasteiger partial charge in [0.25, 0.3) is 0 Å². The average Bonchev–Trinajstić information content (AvgIpc) is 3.09. The lowest BCUT2D eigenvalue weighted by Crippen LogP contribution is -2.25. The lowest BCUT2D eigenvalue weighted by molar-refractivity contribution is 0.0697. The number of carboxylic acid groups (broad SMARTS) is 1. The molecular weight excluding hydrogens is 501 g/mol. The van der Waals surface area contributed by atoms with E-state index in [1.807, 2.05) is 0 Å². The van der Waals surface area contributed by atoms with Gasteiger partial charge in [0.15, 0.2) is 5.11 Å². The quantitative estimate of drug-likeness (QED) is 0.177. The fourth-order valence-corrected chi connectivity index (χ4v) is 4.30. The highest BCUT2D eigenvalue weighted by molar-refractivity contribution is 7.80. The summed E-state index contributed by atoms with van der Waals surface area (Å²) >= 11 is 24.5. The molecule has 0 aliphatic carbocycles. The summed E-state index contributed by atoms with van der Waals surface area (Å²) in [5.74, 6) is -1.05. The molecule has 6 nitrogen and oxygen atoms in total. The van der Waals surface area contributed by atoms with Gasteiger partial charge < -0.3 is 15.5 Å². The Morgan fingerprint density at radius 2 is 1.81 bits per heavy atom. The van der Waals surface area contributed by atoms with Crippen LogP contribution in [0.15, 0.2) is 46.9 Å². The Bertz CT molecular complexity index is 1210. The van der Waals surface area contributed by atoms with Crippen LogP contribution in [0.1, 0.15) is 22.8 Å². The number of halogens is 3. The van der Waals surface area contributed by atoms with Crippen molar-refractivity contribution in [3.05, 3.63) is 68.0 Å². The molecule has 2 aromatic carbocycles. The third kappa shape index (κ3) is 5.47. The van der Waals surface area contributed by atoms with Crippen molar-refractivity contribution in [2.45, 2.75) is 6.92 Å². The molecule has 3 aromatic rings. The van der Waals surface area contributed by atoms with E-state index < -0.39 is 5.97 Å². The number of hydrogen-bond acceptors (Lipinski definition) is 5. The predicted octanol–water partition coefficient (Wildman–Crippen LogP) is 6.49. The molecule has 160 valence electrons. The number of rotatable bonds is 5. The van der Waals surface area contributed by atoms with Crippen molar-refractivity contribution in [1.82, 2.24) is 5.43 Å². The number of aromatic carboxylic acids is 1. The van der Waals surface area contributed by atoms with Crippen LogP contribution in [-0.4, -0.2) is 27.0 Å². The Morgan fingerprint density at radius 3 is 2.45 bits per heavy atom. The van der Waals surface area contributed by atoms with Crippen LogP contribution in [-0.2, 0) is 0 Å². The molecule has 0 saturated heterocycles. The molecule has 0 spiro atoms. The van der Waals surface area contributed by atoms with Crippen molar-refractivity contribution < 1.29 is 15.0 Å². The van der Waals surface area contributed by atoms with E-state index in [0.717, 1.165) is 5.56 Å². The van der Waals surface area contributed by atoms with E-state index in [-0.39, 0.29) is 21.4 Å². The maximum Gasteiger partial charge on any atom is 0.337 e. The molecule has 0 saturated carbocycles. The number of hydrogen-bond donors (Lipinski definition) is 4. The zero-order valence-electron chi connectivity index (χ0n) is 15.7. The minimum atomic E-state index is -1.12. The summed E-state index contributed by atoms with van der Waals surface area (Å²) < 4.78 is 0. The van der Waals surface area contributed by atoms with Crippen LogP contribution in [0.2, 0.25) is 15.1 Å². The highest BCUT2D eigenvalue weighted by atomic mass is 35.5. The van der Waals surface area contributed by atoms with Crippen LogP contribution < -0.4 is 10.7 Å². The first kappa shape index (κ1) is 23.3. The molecule has 11 heteroatoms. The SMILES string of the molecule is C/C(=N/NC(=S)Nc1ccc(C(=O)O)c(Cl)c1)c1csc(-c2ccc(Cl)c(Cl)c2)c1O. The summed E-state index contributed by atoms with van der Waals surface area (Å²) in [4.78, 5) is 11.7. The molecule has 0 aliphatic heterocycles. The normalized spacial score (nSPS) is 11.3. The van der Waals surface area contributed by atoms with Gasteiger partial charge in [-0.2, -0.15) is 5.10 Å². The summed E-state index contributed by atoms with van der Waals surface area (Å²) in [6.45, 7) is 1.72. The zero-order valence-corrected chi connectivity index (χ0v) is 19.6. The summed E-state index contributed by atoms with van der Waals surface area (Å²) in [5.41, 5.74) is 4.95. The summed E-state index contributed by atoms with van der Waals surface area (Å²) in [6.07, 6.45) is 0. The first-order valence-corrected chi connectivity index (χ1v) is 11.0. The van der Waals surface area contributed by atoms with Crippen molar-refractivity contribution in [2.24, 2.45) is 5.10 Å². The van der Waals surface area contributed by atoms with E-state index in [1.165, 1.54) is 29.5 Å². The smallest absolute Gasteiger partial charge is 0.337 e. The van der Waals surface area contributed by atoms with E-state index in [1.54, 1.807) is 30.5 Å². The van der Waals surface area contributed by atoms with E-state index in [9.17, 15) is 9.90 Å². The van der Waals surface area contributed by atoms with Crippen LogP contribution in [0.25, 0.3) is 10.4 Å². The Hall–Kier alpha value is -2.36. The van der Waals surface area contributed by atoms with Gasteiger partial charge in [-0.1, -0.05) is 40.9 Å². The number of thiocarbonyl (C=S) groups is 1. The molecule has 0 aliphatic rings. The summed E-state index contributed by atoms with van der Waals surface area (Å²) in [7, 11) is 0. The number of aromatic hydroxyl groups is 1. The van der Waals surface area contributed by atoms with Gasteiger partial charge in [0.05, 0.1) is 36.8 Å². The van der Waals surface area contributed by atoms with Crippen molar-refractivity contribution >= 4 is 80.8 Å². The van der Waals surface area contributed by atoms with E-state index in [4.69, 9.17) is 52.1 Å². The van der Waals surface area contributed by atoms with Crippen molar-refractivity contribution in [1.29, 1.82) is 0 Å². The van der Waals surface area contributed by atoms with Gasteiger partial charge in [0.1, 0.15) is 5.75 Å². The fraction of sp³-hybridized carbons (Fsp3) is 0.0500. The third-order valence-corrected chi connectivity index (χ3v) is 6.38. The maximum absolute atomic E-state index is 11.0. The number of nitrogens with one attached hydrogen (secondary N) is 2. The van der Waals surface area contributed by atoms with Gasteiger partial charge in [-0.25, -0.2) is 4.79 Å². The molecule has 0 fully saturated rings. The number of thiophene rings is 1. The molecule has 0 bridgehead atoms. The van der Waals surface area contributed by atoms with Crippen LogP contribution in [0.3, 0.4) is 0 Å². The molecule has 0 atom stereocenters. The van der Waals surface area contributed by atoms with Gasteiger partial charge in [0, 0.05) is 11.1 Å². The topological polar surface area (TPSA) is 94.0 Å². The molecule has 3 rings (SSSR count). The van der Waals surface area contributed by atoms with Crippen LogP contribution in [0.4, 0.5) is 5.69 Å². The van der Waals surface area contributed by atoms with Crippen LogP contribution >= 0.6 is 58.4 Å². The summed E-state index contributed by atoms with van der Waals surface area (Å²) in [5, 5.41) is 29.6. The molecule has 1 heterocycles. The Labute approximate surface area is 202 Å². The molecular formula is C20H14Cl3N3O3S2. The second-order valence-corrected chi connectivity index (χ2v) is 8.73. The number of nitrogens with zero attached hydrogens (tertiary/aromatic N) is 1. The molecule has 0 radical (unpaired) electrons. The lowest BCUT2D eigenvalue weighted by atomic mass is 10.1. The maximum atomic E-state index is 11.0. The number of carbonyl (C=O) groups is 1. The van der Waals surface area contributed by atoms with Crippen molar-refractivity contribution in [3.63, 3.8) is 0 Å².